The lowest BCUT2D eigenvalue weighted by atomic mass is 10.3. The SMILES string of the molecule is Nc1cnc(Oc2ccc(F)c(Cl)c2)nc1. The van der Waals surface area contributed by atoms with Gasteiger partial charge in [-0.2, -0.15) is 0 Å². The molecule has 6 heteroatoms. The van der Waals surface area contributed by atoms with Crippen molar-refractivity contribution in [2.24, 2.45) is 0 Å². The highest BCUT2D eigenvalue weighted by molar-refractivity contribution is 6.30. The van der Waals surface area contributed by atoms with Crippen LogP contribution >= 0.6 is 11.6 Å². The highest BCUT2D eigenvalue weighted by Crippen LogP contribution is 2.24. The van der Waals surface area contributed by atoms with Crippen LogP contribution in [0.1, 0.15) is 0 Å². The summed E-state index contributed by atoms with van der Waals surface area (Å²) in [6.45, 7) is 0. The van der Waals surface area contributed by atoms with Crippen molar-refractivity contribution < 1.29 is 9.13 Å². The van der Waals surface area contributed by atoms with Gasteiger partial charge in [0.05, 0.1) is 23.1 Å². The van der Waals surface area contributed by atoms with Gasteiger partial charge in [0.1, 0.15) is 11.6 Å². The highest BCUT2D eigenvalue weighted by Gasteiger charge is 2.04. The van der Waals surface area contributed by atoms with Gasteiger partial charge < -0.3 is 10.5 Å². The van der Waals surface area contributed by atoms with Crippen LogP contribution in [0.5, 0.6) is 11.8 Å². The third-order valence-corrected chi connectivity index (χ3v) is 2.04. The molecule has 0 aliphatic carbocycles. The minimum absolute atomic E-state index is 0.0204. The molecule has 0 atom stereocenters. The molecule has 16 heavy (non-hydrogen) atoms. The molecule has 0 aliphatic heterocycles. The molecule has 82 valence electrons. The molecular formula is C10H7ClFN3O. The molecule has 1 aromatic carbocycles. The highest BCUT2D eigenvalue weighted by atomic mass is 35.5. The zero-order chi connectivity index (χ0) is 11.5. The summed E-state index contributed by atoms with van der Waals surface area (Å²) in [7, 11) is 0. The lowest BCUT2D eigenvalue weighted by molar-refractivity contribution is 0.441. The fourth-order valence-electron chi connectivity index (χ4n) is 1.02. The maximum absolute atomic E-state index is 12.9. The molecule has 0 bridgehead atoms. The van der Waals surface area contributed by atoms with Crippen LogP contribution in [0.3, 0.4) is 0 Å². The molecular weight excluding hydrogens is 233 g/mol. The van der Waals surface area contributed by atoms with Gasteiger partial charge in [-0.25, -0.2) is 14.4 Å². The van der Waals surface area contributed by atoms with Crippen LogP contribution < -0.4 is 10.5 Å². The lowest BCUT2D eigenvalue weighted by Gasteiger charge is -2.04. The summed E-state index contributed by atoms with van der Waals surface area (Å²) in [5, 5.41) is -0.0204. The number of nitrogens with zero attached hydrogens (tertiary/aromatic N) is 2. The first kappa shape index (κ1) is 10.6. The van der Waals surface area contributed by atoms with Gasteiger partial charge in [-0.05, 0) is 12.1 Å². The molecule has 2 rings (SSSR count). The Hall–Kier alpha value is -1.88. The number of ether oxygens (including phenoxy) is 1. The number of halogens is 2. The van der Waals surface area contributed by atoms with E-state index in [-0.39, 0.29) is 11.0 Å². The van der Waals surface area contributed by atoms with Gasteiger partial charge in [0.2, 0.25) is 0 Å². The van der Waals surface area contributed by atoms with Crippen LogP contribution in [0.2, 0.25) is 5.02 Å². The van der Waals surface area contributed by atoms with Crippen LogP contribution in [0.15, 0.2) is 30.6 Å². The fourth-order valence-corrected chi connectivity index (χ4v) is 1.20. The Labute approximate surface area is 95.9 Å². The maximum Gasteiger partial charge on any atom is 0.322 e. The van der Waals surface area contributed by atoms with E-state index >= 15 is 0 Å². The van der Waals surface area contributed by atoms with Gasteiger partial charge in [-0.3, -0.25) is 0 Å². The fraction of sp³-hybridized carbons (Fsp3) is 0. The van der Waals surface area contributed by atoms with E-state index in [9.17, 15) is 4.39 Å². The van der Waals surface area contributed by atoms with Crippen LogP contribution in [0, 0.1) is 5.82 Å². The standard InChI is InChI=1S/C10H7ClFN3O/c11-8-3-7(1-2-9(8)12)16-10-14-4-6(13)5-15-10/h1-5H,13H2. The van der Waals surface area contributed by atoms with E-state index in [0.29, 0.717) is 11.4 Å². The molecule has 0 saturated heterocycles. The Morgan fingerprint density at radius 2 is 1.94 bits per heavy atom. The third-order valence-electron chi connectivity index (χ3n) is 1.75. The number of anilines is 1. The van der Waals surface area contributed by atoms with Crippen molar-refractivity contribution in [1.82, 2.24) is 9.97 Å². The van der Waals surface area contributed by atoms with E-state index in [1.807, 2.05) is 0 Å². The molecule has 1 aromatic heterocycles. The van der Waals surface area contributed by atoms with Crippen LogP contribution in [-0.2, 0) is 0 Å². The summed E-state index contributed by atoms with van der Waals surface area (Å²) in [6.07, 6.45) is 2.82. The second-order valence-electron chi connectivity index (χ2n) is 2.98. The summed E-state index contributed by atoms with van der Waals surface area (Å²) >= 11 is 5.59. The van der Waals surface area contributed by atoms with Gasteiger partial charge >= 0.3 is 6.01 Å². The molecule has 2 N–H and O–H groups in total. The van der Waals surface area contributed by atoms with Crippen molar-refractivity contribution in [2.45, 2.75) is 0 Å². The summed E-state index contributed by atoms with van der Waals surface area (Å²) in [4.78, 5) is 7.66. The van der Waals surface area contributed by atoms with Crippen LogP contribution in [0.4, 0.5) is 10.1 Å². The largest absolute Gasteiger partial charge is 0.424 e. The second kappa shape index (κ2) is 4.32. The van der Waals surface area contributed by atoms with Crippen molar-refractivity contribution in [2.75, 3.05) is 5.73 Å². The number of hydrogen-bond donors (Lipinski definition) is 1. The third kappa shape index (κ3) is 2.38. The number of benzene rings is 1. The summed E-state index contributed by atoms with van der Waals surface area (Å²) in [5.41, 5.74) is 5.85. The van der Waals surface area contributed by atoms with E-state index < -0.39 is 5.82 Å². The minimum atomic E-state index is -0.507. The zero-order valence-electron chi connectivity index (χ0n) is 8.02. The van der Waals surface area contributed by atoms with E-state index in [0.717, 1.165) is 0 Å². The predicted molar refractivity (Wildman–Crippen MR) is 57.9 cm³/mol. The van der Waals surface area contributed by atoms with Crippen molar-refractivity contribution in [1.29, 1.82) is 0 Å². The summed E-state index contributed by atoms with van der Waals surface area (Å²) < 4.78 is 18.1. The van der Waals surface area contributed by atoms with Gasteiger partial charge in [-0.1, -0.05) is 11.6 Å². The number of nitrogens with two attached hydrogens (primary N) is 1. The molecule has 0 amide bonds. The molecule has 0 radical (unpaired) electrons. The molecule has 2 aromatic rings. The van der Waals surface area contributed by atoms with Gasteiger partial charge in [0.15, 0.2) is 0 Å². The first-order valence-corrected chi connectivity index (χ1v) is 4.73. The number of nitrogen functional groups attached to an aromatic ring is 1. The Morgan fingerprint density at radius 1 is 1.25 bits per heavy atom. The predicted octanol–water partition coefficient (Wildman–Crippen LogP) is 2.64. The summed E-state index contributed by atoms with van der Waals surface area (Å²) in [6, 6.07) is 4.10. The number of hydrogen-bond acceptors (Lipinski definition) is 4. The monoisotopic (exact) mass is 239 g/mol. The topological polar surface area (TPSA) is 61.0 Å². The molecule has 0 spiro atoms. The molecule has 1 heterocycles. The first-order valence-electron chi connectivity index (χ1n) is 4.35. The summed E-state index contributed by atoms with van der Waals surface area (Å²) in [5.74, 6) is -0.150. The lowest BCUT2D eigenvalue weighted by Crippen LogP contribution is -1.94. The van der Waals surface area contributed by atoms with Crippen molar-refractivity contribution in [3.63, 3.8) is 0 Å². The van der Waals surface area contributed by atoms with E-state index in [1.165, 1.54) is 30.6 Å². The smallest absolute Gasteiger partial charge is 0.322 e. The first-order chi connectivity index (χ1) is 7.65. The quantitative estimate of drug-likeness (QED) is 0.875. The molecule has 0 aliphatic rings. The maximum atomic E-state index is 12.9. The van der Waals surface area contributed by atoms with Gasteiger partial charge in [-0.15, -0.1) is 0 Å². The van der Waals surface area contributed by atoms with Crippen molar-refractivity contribution >= 4 is 17.3 Å². The second-order valence-corrected chi connectivity index (χ2v) is 3.38. The Morgan fingerprint density at radius 3 is 2.56 bits per heavy atom. The van der Waals surface area contributed by atoms with E-state index in [2.05, 4.69) is 9.97 Å². The number of rotatable bonds is 2. The van der Waals surface area contributed by atoms with Crippen molar-refractivity contribution in [3.05, 3.63) is 41.4 Å². The molecule has 4 nitrogen and oxygen atoms in total. The van der Waals surface area contributed by atoms with Crippen LogP contribution in [-0.4, -0.2) is 9.97 Å². The van der Waals surface area contributed by atoms with Crippen LogP contribution in [0.25, 0.3) is 0 Å². The average Bonchev–Trinajstić information content (AvgIpc) is 2.27. The van der Waals surface area contributed by atoms with Crippen molar-refractivity contribution in [3.8, 4) is 11.8 Å². The van der Waals surface area contributed by atoms with E-state index in [1.54, 1.807) is 0 Å². The minimum Gasteiger partial charge on any atom is -0.424 e. The average molecular weight is 240 g/mol. The Balaban J connectivity index is 2.20. The zero-order valence-corrected chi connectivity index (χ0v) is 8.78. The molecule has 0 unspecified atom stereocenters. The molecule has 0 fully saturated rings. The normalized spacial score (nSPS) is 10.1. The number of aromatic nitrogens is 2. The Kier molecular flexibility index (Phi) is 2.87. The van der Waals surface area contributed by atoms with E-state index in [4.69, 9.17) is 22.1 Å². The molecule has 0 saturated carbocycles. The van der Waals surface area contributed by atoms with Gasteiger partial charge in [0, 0.05) is 6.07 Å². The Bertz CT molecular complexity index is 504. The van der Waals surface area contributed by atoms with Gasteiger partial charge in [0.25, 0.3) is 0 Å².